The van der Waals surface area contributed by atoms with E-state index in [4.69, 9.17) is 14.7 Å². The largest absolute Gasteiger partial charge is 0.493 e. The van der Waals surface area contributed by atoms with E-state index in [1.54, 1.807) is 26.4 Å². The van der Waals surface area contributed by atoms with Crippen molar-refractivity contribution in [3.8, 4) is 17.6 Å². The van der Waals surface area contributed by atoms with Crippen molar-refractivity contribution in [1.29, 1.82) is 5.26 Å². The van der Waals surface area contributed by atoms with Gasteiger partial charge in [0.1, 0.15) is 11.8 Å². The van der Waals surface area contributed by atoms with Gasteiger partial charge in [-0.25, -0.2) is 4.98 Å². The van der Waals surface area contributed by atoms with E-state index in [2.05, 4.69) is 4.98 Å². The minimum absolute atomic E-state index is 0.0307. The van der Waals surface area contributed by atoms with Crippen molar-refractivity contribution in [3.63, 3.8) is 0 Å². The molecular weight excluding hydrogens is 330 g/mol. The van der Waals surface area contributed by atoms with Crippen LogP contribution in [0, 0.1) is 17.2 Å². The number of methoxy groups -OCH3 is 2. The number of likely N-dealkylation sites (tertiary alicyclic amines) is 1. The van der Waals surface area contributed by atoms with E-state index in [0.29, 0.717) is 29.5 Å². The van der Waals surface area contributed by atoms with Gasteiger partial charge in [-0.2, -0.15) is 5.26 Å². The summed E-state index contributed by atoms with van der Waals surface area (Å²) in [6.07, 6.45) is 3.32. The highest BCUT2D eigenvalue weighted by molar-refractivity contribution is 5.94. The van der Waals surface area contributed by atoms with Crippen LogP contribution >= 0.6 is 0 Å². The van der Waals surface area contributed by atoms with Crippen molar-refractivity contribution in [2.45, 2.75) is 12.8 Å². The van der Waals surface area contributed by atoms with E-state index in [0.717, 1.165) is 25.1 Å². The number of aromatic nitrogens is 1. The highest BCUT2D eigenvalue weighted by Crippen LogP contribution is 2.30. The van der Waals surface area contributed by atoms with Gasteiger partial charge in [-0.1, -0.05) is 6.07 Å². The Kier molecular flexibility index (Phi) is 5.37. The van der Waals surface area contributed by atoms with Gasteiger partial charge in [-0.15, -0.1) is 0 Å². The summed E-state index contributed by atoms with van der Waals surface area (Å²) in [4.78, 5) is 18.4. The van der Waals surface area contributed by atoms with Crippen LogP contribution in [0.5, 0.6) is 11.5 Å². The van der Waals surface area contributed by atoms with Crippen LogP contribution in [0.15, 0.2) is 36.5 Å². The zero-order valence-corrected chi connectivity index (χ0v) is 14.9. The Morgan fingerprint density at radius 3 is 2.73 bits per heavy atom. The Bertz CT molecular complexity index is 827. The highest BCUT2D eigenvalue weighted by Gasteiger charge is 2.27. The van der Waals surface area contributed by atoms with Crippen molar-refractivity contribution in [2.24, 2.45) is 5.92 Å². The number of hydrogen-bond donors (Lipinski definition) is 0. The third kappa shape index (κ3) is 3.77. The molecule has 2 heterocycles. The fraction of sp³-hybridized carbons (Fsp3) is 0.350. The summed E-state index contributed by atoms with van der Waals surface area (Å²) in [6, 6.07) is 11.1. The Morgan fingerprint density at radius 2 is 2.08 bits per heavy atom. The first-order chi connectivity index (χ1) is 12.6. The number of carbonyl (C=O) groups excluding carboxylic acids is 1. The third-order valence-electron chi connectivity index (χ3n) is 4.67. The zero-order chi connectivity index (χ0) is 18.5. The number of hydrogen-bond acceptors (Lipinski definition) is 5. The summed E-state index contributed by atoms with van der Waals surface area (Å²) in [5.74, 6) is 1.81. The molecule has 0 N–H and O–H groups in total. The number of amides is 1. The quantitative estimate of drug-likeness (QED) is 0.828. The van der Waals surface area contributed by atoms with Gasteiger partial charge in [0.05, 0.1) is 19.8 Å². The van der Waals surface area contributed by atoms with E-state index in [-0.39, 0.29) is 5.91 Å². The lowest BCUT2D eigenvalue weighted by Crippen LogP contribution is -2.29. The molecule has 134 valence electrons. The molecule has 0 aliphatic carbocycles. The molecule has 1 amide bonds. The number of carbonyl (C=O) groups is 1. The fourth-order valence-electron chi connectivity index (χ4n) is 3.29. The average molecular weight is 351 g/mol. The Hall–Kier alpha value is -3.07. The van der Waals surface area contributed by atoms with E-state index in [1.807, 2.05) is 29.2 Å². The van der Waals surface area contributed by atoms with Crippen LogP contribution in [-0.2, 0) is 6.42 Å². The van der Waals surface area contributed by atoms with Crippen LogP contribution in [0.2, 0.25) is 0 Å². The summed E-state index contributed by atoms with van der Waals surface area (Å²) >= 11 is 0. The first kappa shape index (κ1) is 17.7. The minimum Gasteiger partial charge on any atom is -0.493 e. The van der Waals surface area contributed by atoms with Crippen molar-refractivity contribution >= 4 is 5.91 Å². The topological polar surface area (TPSA) is 75.5 Å². The Morgan fingerprint density at radius 1 is 1.27 bits per heavy atom. The molecule has 1 aromatic heterocycles. The maximum Gasteiger partial charge on any atom is 0.255 e. The number of nitriles is 1. The lowest BCUT2D eigenvalue weighted by Gasteiger charge is -2.17. The number of benzene rings is 1. The van der Waals surface area contributed by atoms with Crippen LogP contribution in [0.4, 0.5) is 0 Å². The number of pyridine rings is 1. The second kappa shape index (κ2) is 7.87. The molecule has 26 heavy (non-hydrogen) atoms. The molecule has 6 heteroatoms. The van der Waals surface area contributed by atoms with Gasteiger partial charge < -0.3 is 14.4 Å². The van der Waals surface area contributed by atoms with Gasteiger partial charge in [0.25, 0.3) is 5.91 Å². The maximum atomic E-state index is 12.6. The first-order valence-corrected chi connectivity index (χ1v) is 8.51. The SMILES string of the molecule is COc1ccc(CC2CCN(C(=O)c3ccc(C#N)nc3)C2)cc1OC. The molecule has 1 unspecified atom stereocenters. The molecule has 0 spiro atoms. The van der Waals surface area contributed by atoms with Crippen molar-refractivity contribution in [2.75, 3.05) is 27.3 Å². The second-order valence-electron chi connectivity index (χ2n) is 6.34. The predicted octanol–water partition coefficient (Wildman–Crippen LogP) is 2.68. The van der Waals surface area contributed by atoms with E-state index in [1.165, 1.54) is 11.8 Å². The molecule has 1 aliphatic heterocycles. The molecular formula is C20H21N3O3. The molecule has 1 fully saturated rings. The first-order valence-electron chi connectivity index (χ1n) is 8.51. The maximum absolute atomic E-state index is 12.6. The summed E-state index contributed by atoms with van der Waals surface area (Å²) in [6.45, 7) is 1.45. The van der Waals surface area contributed by atoms with Gasteiger partial charge in [0.2, 0.25) is 0 Å². The van der Waals surface area contributed by atoms with Crippen LogP contribution in [0.3, 0.4) is 0 Å². The number of nitrogens with zero attached hydrogens (tertiary/aromatic N) is 3. The van der Waals surface area contributed by atoms with E-state index >= 15 is 0 Å². The molecule has 1 saturated heterocycles. The van der Waals surface area contributed by atoms with Crippen molar-refractivity contribution in [3.05, 3.63) is 53.3 Å². The van der Waals surface area contributed by atoms with Gasteiger partial charge in [-0.05, 0) is 48.6 Å². The summed E-state index contributed by atoms with van der Waals surface area (Å²) in [5, 5.41) is 8.80. The lowest BCUT2D eigenvalue weighted by atomic mass is 9.98. The molecule has 6 nitrogen and oxygen atoms in total. The molecule has 3 rings (SSSR count). The minimum atomic E-state index is -0.0307. The molecule has 0 radical (unpaired) electrons. The lowest BCUT2D eigenvalue weighted by molar-refractivity contribution is 0.0786. The van der Waals surface area contributed by atoms with Crippen molar-refractivity contribution < 1.29 is 14.3 Å². The normalized spacial score (nSPS) is 16.2. The molecule has 1 aliphatic rings. The smallest absolute Gasteiger partial charge is 0.255 e. The van der Waals surface area contributed by atoms with Crippen LogP contribution < -0.4 is 9.47 Å². The molecule has 1 atom stereocenters. The molecule has 2 aromatic rings. The monoisotopic (exact) mass is 351 g/mol. The molecule has 0 saturated carbocycles. The summed E-state index contributed by atoms with van der Waals surface area (Å²) in [5.41, 5.74) is 2.01. The van der Waals surface area contributed by atoms with Crippen molar-refractivity contribution in [1.82, 2.24) is 9.88 Å². The van der Waals surface area contributed by atoms with Gasteiger partial charge in [-0.3, -0.25) is 4.79 Å². The average Bonchev–Trinajstić information content (AvgIpc) is 3.15. The Balaban J connectivity index is 1.63. The van der Waals surface area contributed by atoms with Crippen LogP contribution in [-0.4, -0.2) is 43.1 Å². The zero-order valence-electron chi connectivity index (χ0n) is 14.9. The van der Waals surface area contributed by atoms with Gasteiger partial charge in [0, 0.05) is 19.3 Å². The molecule has 0 bridgehead atoms. The van der Waals surface area contributed by atoms with Gasteiger partial charge in [0.15, 0.2) is 11.5 Å². The summed E-state index contributed by atoms with van der Waals surface area (Å²) in [7, 11) is 3.25. The van der Waals surface area contributed by atoms with E-state index in [9.17, 15) is 4.79 Å². The summed E-state index contributed by atoms with van der Waals surface area (Å²) < 4.78 is 10.6. The van der Waals surface area contributed by atoms with Gasteiger partial charge >= 0.3 is 0 Å². The fourth-order valence-corrected chi connectivity index (χ4v) is 3.29. The molecule has 1 aromatic carbocycles. The Labute approximate surface area is 153 Å². The number of ether oxygens (including phenoxy) is 2. The number of rotatable bonds is 5. The third-order valence-corrected chi connectivity index (χ3v) is 4.67. The van der Waals surface area contributed by atoms with Crippen LogP contribution in [0.1, 0.15) is 28.0 Å². The van der Waals surface area contributed by atoms with Crippen LogP contribution in [0.25, 0.3) is 0 Å². The second-order valence-corrected chi connectivity index (χ2v) is 6.34. The highest BCUT2D eigenvalue weighted by atomic mass is 16.5. The standard InChI is InChI=1S/C20H21N3O3/c1-25-18-6-3-14(10-19(18)26-2)9-15-7-8-23(13-15)20(24)16-4-5-17(11-21)22-12-16/h3-6,10,12,15H,7-9,13H2,1-2H3. The van der Waals surface area contributed by atoms with E-state index < -0.39 is 0 Å². The predicted molar refractivity (Wildman–Crippen MR) is 96.2 cm³/mol.